The highest BCUT2D eigenvalue weighted by Gasteiger charge is 2.12. The van der Waals surface area contributed by atoms with Crippen molar-refractivity contribution in [1.29, 1.82) is 0 Å². The number of aliphatic hydroxyl groups is 1. The van der Waals surface area contributed by atoms with Gasteiger partial charge in [0.15, 0.2) is 0 Å². The predicted molar refractivity (Wildman–Crippen MR) is 71.8 cm³/mol. The number of aliphatic hydroxyl groups excluding tert-OH is 1. The molecule has 0 aromatic heterocycles. The van der Waals surface area contributed by atoms with E-state index in [2.05, 4.69) is 21.2 Å². The first kappa shape index (κ1) is 14.0. The van der Waals surface area contributed by atoms with Gasteiger partial charge >= 0.3 is 0 Å². The van der Waals surface area contributed by atoms with Crippen molar-refractivity contribution in [3.63, 3.8) is 0 Å². The molecule has 5 heteroatoms. The van der Waals surface area contributed by atoms with E-state index in [0.29, 0.717) is 17.7 Å². The Morgan fingerprint density at radius 3 is 2.94 bits per heavy atom. The van der Waals surface area contributed by atoms with Gasteiger partial charge in [0.2, 0.25) is 0 Å². The van der Waals surface area contributed by atoms with Crippen LogP contribution in [0.5, 0.6) is 0 Å². The molecule has 1 unspecified atom stereocenters. The second-order valence-electron chi connectivity index (χ2n) is 3.97. The van der Waals surface area contributed by atoms with Gasteiger partial charge in [0.05, 0.1) is 5.56 Å². The molecule has 1 amide bonds. The number of carbonyl (C=O) groups excluding carboxylic acids is 1. The number of hydrogen-bond acceptors (Lipinski definition) is 3. The number of nitrogens with two attached hydrogens (primary N) is 1. The van der Waals surface area contributed by atoms with E-state index < -0.39 is 0 Å². The Morgan fingerprint density at radius 2 is 2.29 bits per heavy atom. The van der Waals surface area contributed by atoms with E-state index in [-0.39, 0.29) is 18.6 Å². The monoisotopic (exact) mass is 300 g/mol. The largest absolute Gasteiger partial charge is 0.398 e. The van der Waals surface area contributed by atoms with Crippen molar-refractivity contribution in [2.24, 2.45) is 0 Å². The highest BCUT2D eigenvalue weighted by Crippen LogP contribution is 2.18. The van der Waals surface area contributed by atoms with Gasteiger partial charge in [0, 0.05) is 22.8 Å². The number of hydrogen-bond donors (Lipinski definition) is 3. The average Bonchev–Trinajstić information content (AvgIpc) is 2.29. The van der Waals surface area contributed by atoms with Gasteiger partial charge in [-0.05, 0) is 38.0 Å². The maximum absolute atomic E-state index is 11.9. The van der Waals surface area contributed by atoms with Crippen LogP contribution < -0.4 is 11.1 Å². The number of benzene rings is 1. The summed E-state index contributed by atoms with van der Waals surface area (Å²) in [6.07, 6.45) is 1.42. The maximum Gasteiger partial charge on any atom is 0.253 e. The van der Waals surface area contributed by atoms with Gasteiger partial charge < -0.3 is 16.2 Å². The molecule has 0 aliphatic heterocycles. The molecule has 1 atom stereocenters. The van der Waals surface area contributed by atoms with Crippen LogP contribution in [0.25, 0.3) is 0 Å². The first-order valence-electron chi connectivity index (χ1n) is 5.51. The zero-order valence-corrected chi connectivity index (χ0v) is 11.3. The predicted octanol–water partition coefficient (Wildman–Crippen LogP) is 1.92. The van der Waals surface area contributed by atoms with Gasteiger partial charge in [-0.25, -0.2) is 0 Å². The van der Waals surface area contributed by atoms with Crippen molar-refractivity contribution in [1.82, 2.24) is 5.32 Å². The molecule has 1 rings (SSSR count). The van der Waals surface area contributed by atoms with E-state index in [1.54, 1.807) is 18.2 Å². The lowest BCUT2D eigenvalue weighted by atomic mass is 10.1. The van der Waals surface area contributed by atoms with Crippen molar-refractivity contribution in [2.45, 2.75) is 25.8 Å². The molecule has 0 aliphatic carbocycles. The third-order valence-corrected chi connectivity index (χ3v) is 2.93. The Labute approximate surface area is 109 Å². The summed E-state index contributed by atoms with van der Waals surface area (Å²) < 4.78 is 0.819. The van der Waals surface area contributed by atoms with Crippen molar-refractivity contribution in [2.75, 3.05) is 12.3 Å². The second kappa shape index (κ2) is 6.61. The number of nitrogen functional groups attached to an aromatic ring is 1. The maximum atomic E-state index is 11.9. The zero-order valence-electron chi connectivity index (χ0n) is 9.74. The Balaban J connectivity index is 2.66. The van der Waals surface area contributed by atoms with E-state index in [1.165, 1.54) is 0 Å². The van der Waals surface area contributed by atoms with Gasteiger partial charge in [0.25, 0.3) is 5.91 Å². The molecule has 1 aromatic rings. The molecule has 17 heavy (non-hydrogen) atoms. The lowest BCUT2D eigenvalue weighted by Gasteiger charge is -2.14. The van der Waals surface area contributed by atoms with Crippen molar-refractivity contribution < 1.29 is 9.90 Å². The molecule has 4 N–H and O–H groups in total. The second-order valence-corrected chi connectivity index (χ2v) is 4.89. The highest BCUT2D eigenvalue weighted by molar-refractivity contribution is 9.10. The van der Waals surface area contributed by atoms with Gasteiger partial charge in [-0.1, -0.05) is 15.9 Å². The number of carbonyl (C=O) groups is 1. The summed E-state index contributed by atoms with van der Waals surface area (Å²) >= 11 is 3.30. The molecule has 0 fully saturated rings. The number of anilines is 1. The topological polar surface area (TPSA) is 75.3 Å². The van der Waals surface area contributed by atoms with E-state index >= 15 is 0 Å². The van der Waals surface area contributed by atoms with Crippen molar-refractivity contribution in [3.05, 3.63) is 28.2 Å². The summed E-state index contributed by atoms with van der Waals surface area (Å²) in [6, 6.07) is 5.20. The first-order chi connectivity index (χ1) is 8.04. The Kier molecular flexibility index (Phi) is 5.44. The number of nitrogens with one attached hydrogen (secondary N) is 1. The zero-order chi connectivity index (χ0) is 12.8. The third-order valence-electron chi connectivity index (χ3n) is 2.43. The third kappa shape index (κ3) is 4.36. The normalized spacial score (nSPS) is 12.2. The molecule has 0 heterocycles. The minimum absolute atomic E-state index is 0.0213. The Bertz CT molecular complexity index is 396. The molecule has 1 aromatic carbocycles. The summed E-state index contributed by atoms with van der Waals surface area (Å²) in [7, 11) is 0. The first-order valence-corrected chi connectivity index (χ1v) is 6.30. The quantitative estimate of drug-likeness (QED) is 0.727. The van der Waals surface area contributed by atoms with Crippen LogP contribution in [-0.4, -0.2) is 23.7 Å². The lowest BCUT2D eigenvalue weighted by molar-refractivity contribution is 0.0937. The summed E-state index contributed by atoms with van der Waals surface area (Å²) in [5, 5.41) is 11.6. The molecule has 94 valence electrons. The smallest absolute Gasteiger partial charge is 0.253 e. The molecular formula is C12H17BrN2O2. The summed E-state index contributed by atoms with van der Waals surface area (Å²) in [4.78, 5) is 11.9. The number of rotatable bonds is 5. The van der Waals surface area contributed by atoms with E-state index in [4.69, 9.17) is 10.8 Å². The number of amides is 1. The molecule has 0 bridgehead atoms. The van der Waals surface area contributed by atoms with Gasteiger partial charge in [-0.2, -0.15) is 0 Å². The fourth-order valence-electron chi connectivity index (χ4n) is 1.50. The lowest BCUT2D eigenvalue weighted by Crippen LogP contribution is -2.33. The van der Waals surface area contributed by atoms with Gasteiger partial charge in [0.1, 0.15) is 0 Å². The summed E-state index contributed by atoms with van der Waals surface area (Å²) in [5.41, 5.74) is 6.67. The van der Waals surface area contributed by atoms with Crippen LogP contribution in [0.15, 0.2) is 22.7 Å². The van der Waals surface area contributed by atoms with Crippen LogP contribution in [0.4, 0.5) is 5.69 Å². The molecular weight excluding hydrogens is 284 g/mol. The summed E-state index contributed by atoms with van der Waals surface area (Å²) in [5.74, 6) is -0.186. The van der Waals surface area contributed by atoms with E-state index in [9.17, 15) is 4.79 Å². The SMILES string of the molecule is CC(CCCO)NC(=O)c1cc(Br)ccc1N. The average molecular weight is 301 g/mol. The van der Waals surface area contributed by atoms with Crippen molar-refractivity contribution in [3.8, 4) is 0 Å². The fourth-order valence-corrected chi connectivity index (χ4v) is 1.86. The van der Waals surface area contributed by atoms with Crippen LogP contribution in [-0.2, 0) is 0 Å². The minimum atomic E-state index is -0.186. The van der Waals surface area contributed by atoms with E-state index in [1.807, 2.05) is 6.92 Å². The molecule has 0 aliphatic rings. The number of halogens is 1. The van der Waals surface area contributed by atoms with Crippen LogP contribution in [0.2, 0.25) is 0 Å². The van der Waals surface area contributed by atoms with Crippen molar-refractivity contribution >= 4 is 27.5 Å². The molecule has 0 spiro atoms. The fraction of sp³-hybridized carbons (Fsp3) is 0.417. The van der Waals surface area contributed by atoms with Crippen LogP contribution >= 0.6 is 15.9 Å². The minimum Gasteiger partial charge on any atom is -0.398 e. The standard InChI is InChI=1S/C12H17BrN2O2/c1-8(3-2-6-16)15-12(17)10-7-9(13)4-5-11(10)14/h4-5,7-8,16H,2-3,6,14H2,1H3,(H,15,17). The van der Waals surface area contributed by atoms with E-state index in [0.717, 1.165) is 10.9 Å². The molecule has 0 radical (unpaired) electrons. The molecule has 0 saturated heterocycles. The molecule has 0 saturated carbocycles. The van der Waals surface area contributed by atoms with Crippen LogP contribution in [0, 0.1) is 0 Å². The highest BCUT2D eigenvalue weighted by atomic mass is 79.9. The summed E-state index contributed by atoms with van der Waals surface area (Å²) in [6.45, 7) is 2.04. The van der Waals surface area contributed by atoms with Gasteiger partial charge in [-0.15, -0.1) is 0 Å². The van der Waals surface area contributed by atoms with Gasteiger partial charge in [-0.3, -0.25) is 4.79 Å². The molecule has 4 nitrogen and oxygen atoms in total. The van der Waals surface area contributed by atoms with Crippen LogP contribution in [0.3, 0.4) is 0 Å². The Morgan fingerprint density at radius 1 is 1.59 bits per heavy atom. The van der Waals surface area contributed by atoms with Crippen LogP contribution in [0.1, 0.15) is 30.1 Å². The Hall–Kier alpha value is -1.07.